The van der Waals surface area contributed by atoms with Crippen molar-refractivity contribution in [2.24, 2.45) is 0 Å². The van der Waals surface area contributed by atoms with Gasteiger partial charge in [0, 0.05) is 25.5 Å². The third kappa shape index (κ3) is 6.77. The number of benzene rings is 13. The Balaban J connectivity index is 1.08. The van der Waals surface area contributed by atoms with Gasteiger partial charge < -0.3 is 19.6 Å². The van der Waals surface area contributed by atoms with Crippen LogP contribution in [0.4, 0.5) is 56.9 Å². The van der Waals surface area contributed by atoms with E-state index in [9.17, 15) is 0 Å². The van der Waals surface area contributed by atoms with Crippen molar-refractivity contribution in [2.45, 2.75) is 0 Å². The third-order valence-corrected chi connectivity index (χ3v) is 16.0. The molecule has 0 amide bonds. The maximum Gasteiger partial charge on any atom is 0.0699 e. The number of rotatable bonds is 6. The molecule has 0 spiro atoms. The summed E-state index contributed by atoms with van der Waals surface area (Å²) in [4.78, 5) is 9.55. The van der Waals surface area contributed by atoms with Gasteiger partial charge in [-0.15, -0.1) is 0 Å². The van der Waals surface area contributed by atoms with E-state index < -0.39 is 0 Å². The first-order valence-electron chi connectivity index (χ1n) is 26.2. The Labute approximate surface area is 442 Å². The highest BCUT2D eigenvalue weighted by molar-refractivity contribution is 6.25. The van der Waals surface area contributed by atoms with Gasteiger partial charge in [0.2, 0.25) is 0 Å². The Hall–Kier alpha value is -9.90. The van der Waals surface area contributed by atoms with Crippen molar-refractivity contribution in [3.8, 4) is 44.5 Å². The Kier molecular flexibility index (Phi) is 9.98. The van der Waals surface area contributed by atoms with Crippen LogP contribution < -0.4 is 19.6 Å². The largest absolute Gasteiger partial charge is 0.341 e. The van der Waals surface area contributed by atoms with Crippen LogP contribution in [-0.4, -0.2) is 14.1 Å². The molecule has 2 heterocycles. The molecule has 2 aliphatic rings. The van der Waals surface area contributed by atoms with Crippen LogP contribution in [0.5, 0.6) is 0 Å². The molecule has 2 aliphatic heterocycles. The maximum atomic E-state index is 2.48. The zero-order valence-corrected chi connectivity index (χ0v) is 42.2. The van der Waals surface area contributed by atoms with Crippen molar-refractivity contribution in [1.82, 2.24) is 0 Å². The second kappa shape index (κ2) is 17.4. The van der Waals surface area contributed by atoms with Crippen LogP contribution in [-0.2, 0) is 0 Å². The van der Waals surface area contributed by atoms with Crippen molar-refractivity contribution in [2.75, 3.05) is 33.7 Å². The fraction of sp³-hybridized carbons (Fsp3) is 0.0278. The maximum absolute atomic E-state index is 2.48. The number of para-hydroxylation sites is 8. The van der Waals surface area contributed by atoms with Crippen molar-refractivity contribution < 1.29 is 0 Å². The summed E-state index contributed by atoms with van der Waals surface area (Å²) in [5.41, 5.74) is 20.9. The highest BCUT2D eigenvalue weighted by Crippen LogP contribution is 2.56. The van der Waals surface area contributed by atoms with Gasteiger partial charge in [-0.25, -0.2) is 0 Å². The fourth-order valence-electron chi connectivity index (χ4n) is 12.5. The predicted molar refractivity (Wildman–Crippen MR) is 324 cm³/mol. The van der Waals surface area contributed by atoms with E-state index >= 15 is 0 Å². The Morgan fingerprint density at radius 1 is 0.224 bits per heavy atom. The van der Waals surface area contributed by atoms with Gasteiger partial charge in [0.1, 0.15) is 0 Å². The summed E-state index contributed by atoms with van der Waals surface area (Å²) in [6.45, 7) is 0. The number of nitrogens with zero attached hydrogens (tertiary/aromatic N) is 4. The Morgan fingerprint density at radius 3 is 0.895 bits per heavy atom. The third-order valence-electron chi connectivity index (χ3n) is 16.0. The van der Waals surface area contributed by atoms with Gasteiger partial charge in [-0.2, -0.15) is 0 Å². The zero-order valence-electron chi connectivity index (χ0n) is 42.2. The van der Waals surface area contributed by atoms with E-state index in [0.717, 1.165) is 56.9 Å². The SMILES string of the molecule is CN1c2ccccc2N(c2ccc3c(-c4ccccc4-c4ccc5ccccc5c4)c4cc(N5c6ccccc6N(C)c6ccccc65)ccc4c(-c4ccccc4-c4ccc5ccccc5c4)c3c2)c2ccccc21. The van der Waals surface area contributed by atoms with Crippen molar-refractivity contribution in [3.05, 3.63) is 267 Å². The second-order valence-electron chi connectivity index (χ2n) is 20.2. The van der Waals surface area contributed by atoms with Gasteiger partial charge in [-0.3, -0.25) is 0 Å². The predicted octanol–water partition coefficient (Wildman–Crippen LogP) is 20.1. The van der Waals surface area contributed by atoms with Crippen LogP contribution in [0.1, 0.15) is 0 Å². The molecule has 0 fully saturated rings. The van der Waals surface area contributed by atoms with Crippen LogP contribution in [0.3, 0.4) is 0 Å². The van der Waals surface area contributed by atoms with Gasteiger partial charge in [-0.05, 0) is 173 Å². The van der Waals surface area contributed by atoms with Crippen molar-refractivity contribution in [3.63, 3.8) is 0 Å². The molecule has 4 heteroatoms. The van der Waals surface area contributed by atoms with Gasteiger partial charge in [0.05, 0.1) is 45.5 Å². The summed E-state index contributed by atoms with van der Waals surface area (Å²) in [5, 5.41) is 9.61. The minimum atomic E-state index is 1.10. The van der Waals surface area contributed by atoms with E-state index in [1.165, 1.54) is 87.6 Å². The first kappa shape index (κ1) is 43.7. The molecule has 0 bridgehead atoms. The van der Waals surface area contributed by atoms with Crippen molar-refractivity contribution in [1.29, 1.82) is 0 Å². The van der Waals surface area contributed by atoms with E-state index in [1.807, 2.05) is 0 Å². The summed E-state index contributed by atoms with van der Waals surface area (Å²) in [7, 11) is 4.35. The standard InChI is InChI=1S/C72H50N4/c1-73-63-27-11-15-31-67(63)75(68-32-16-12-28-64(68)73)53-39-41-59-61(45-53)71(57-25-9-7-23-55(57)51-37-35-47-19-3-5-21-49(47)43-51)60-42-40-54(76-69-33-17-13-29-65(69)74(2)66-30-14-18-34-70(66)76)46-62(60)72(59)58-26-10-8-24-56(58)52-38-36-48-20-4-6-22-50(48)44-52/h3-46H,1-2H3. The molecule has 0 aliphatic carbocycles. The molecule has 358 valence electrons. The fourth-order valence-corrected chi connectivity index (χ4v) is 12.5. The van der Waals surface area contributed by atoms with Gasteiger partial charge in [0.15, 0.2) is 0 Å². The van der Waals surface area contributed by atoms with Crippen LogP contribution in [0.2, 0.25) is 0 Å². The highest BCUT2D eigenvalue weighted by atomic mass is 15.3. The van der Waals surface area contributed by atoms with Crippen LogP contribution in [0, 0.1) is 0 Å². The normalized spacial score (nSPS) is 12.8. The van der Waals surface area contributed by atoms with E-state index in [0.29, 0.717) is 0 Å². The smallest absolute Gasteiger partial charge is 0.0699 e. The zero-order chi connectivity index (χ0) is 50.4. The minimum absolute atomic E-state index is 1.10. The summed E-state index contributed by atoms with van der Waals surface area (Å²) in [5.74, 6) is 0. The first-order valence-corrected chi connectivity index (χ1v) is 26.2. The molecule has 13 aromatic carbocycles. The van der Waals surface area contributed by atoms with Crippen LogP contribution in [0.25, 0.3) is 87.6 Å². The first-order chi connectivity index (χ1) is 37.6. The van der Waals surface area contributed by atoms with Crippen molar-refractivity contribution >= 4 is 100.0 Å². The van der Waals surface area contributed by atoms with Gasteiger partial charge in [-0.1, -0.05) is 182 Å². The van der Waals surface area contributed by atoms with Gasteiger partial charge >= 0.3 is 0 Å². The molecule has 15 rings (SSSR count). The lowest BCUT2D eigenvalue weighted by molar-refractivity contribution is 1.13. The van der Waals surface area contributed by atoms with Crippen LogP contribution in [0.15, 0.2) is 267 Å². The summed E-state index contributed by atoms with van der Waals surface area (Å²) in [6, 6.07) is 98.9. The molecule has 0 radical (unpaired) electrons. The molecular weight excluding hydrogens is 921 g/mol. The minimum Gasteiger partial charge on any atom is -0.341 e. The quantitative estimate of drug-likeness (QED) is 0.154. The molecule has 76 heavy (non-hydrogen) atoms. The molecule has 0 saturated heterocycles. The molecule has 0 N–H and O–H groups in total. The van der Waals surface area contributed by atoms with Crippen LogP contribution >= 0.6 is 0 Å². The lowest BCUT2D eigenvalue weighted by Gasteiger charge is -2.39. The second-order valence-corrected chi connectivity index (χ2v) is 20.2. The van der Waals surface area contributed by atoms with E-state index in [4.69, 9.17) is 0 Å². The van der Waals surface area contributed by atoms with Gasteiger partial charge in [0.25, 0.3) is 0 Å². The monoisotopic (exact) mass is 970 g/mol. The molecule has 0 saturated carbocycles. The number of fused-ring (bicyclic) bond motifs is 8. The molecule has 4 nitrogen and oxygen atoms in total. The Bertz CT molecular complexity index is 4110. The number of hydrogen-bond acceptors (Lipinski definition) is 4. The molecular formula is C72H50N4. The molecule has 0 atom stereocenters. The lowest BCUT2D eigenvalue weighted by Crippen LogP contribution is -2.24. The van der Waals surface area contributed by atoms with E-state index in [-0.39, 0.29) is 0 Å². The summed E-state index contributed by atoms with van der Waals surface area (Å²) in [6.07, 6.45) is 0. The summed E-state index contributed by atoms with van der Waals surface area (Å²) < 4.78 is 0. The summed E-state index contributed by atoms with van der Waals surface area (Å²) >= 11 is 0. The molecule has 0 aromatic heterocycles. The number of anilines is 10. The molecule has 13 aromatic rings. The number of hydrogen-bond donors (Lipinski definition) is 0. The van der Waals surface area contributed by atoms with E-state index in [1.54, 1.807) is 0 Å². The average Bonchev–Trinajstić information content (AvgIpc) is 3.52. The topological polar surface area (TPSA) is 13.0 Å². The Morgan fingerprint density at radius 2 is 0.526 bits per heavy atom. The highest BCUT2D eigenvalue weighted by Gasteiger charge is 2.31. The van der Waals surface area contributed by atoms with E-state index in [2.05, 4.69) is 301 Å². The average molecular weight is 971 g/mol. The molecule has 0 unspecified atom stereocenters. The lowest BCUT2D eigenvalue weighted by atomic mass is 9.81.